The number of methoxy groups -OCH3 is 1. The average Bonchev–Trinajstić information content (AvgIpc) is 2.64. The average molecular weight is 337 g/mol. The third-order valence-corrected chi connectivity index (χ3v) is 7.08. The molecule has 0 heterocycles. The van der Waals surface area contributed by atoms with Crippen molar-refractivity contribution in [3.63, 3.8) is 0 Å². The maximum absolute atomic E-state index is 5.54. The lowest BCUT2D eigenvalue weighted by molar-refractivity contribution is 0.0391. The lowest BCUT2D eigenvalue weighted by Crippen LogP contribution is -2.28. The van der Waals surface area contributed by atoms with E-state index in [0.717, 1.165) is 17.8 Å². The Balaban J connectivity index is 1.46. The Morgan fingerprint density at radius 2 is 1.12 bits per heavy atom. The second kappa shape index (κ2) is 12.3. The van der Waals surface area contributed by atoms with Gasteiger partial charge in [-0.2, -0.15) is 0 Å². The van der Waals surface area contributed by atoms with Gasteiger partial charge in [-0.1, -0.05) is 77.6 Å². The van der Waals surface area contributed by atoms with Crippen LogP contribution in [0.5, 0.6) is 0 Å². The summed E-state index contributed by atoms with van der Waals surface area (Å²) in [6.07, 6.45) is 25.5. The van der Waals surface area contributed by atoms with E-state index in [4.69, 9.17) is 4.74 Å². The highest BCUT2D eigenvalue weighted by atomic mass is 16.5. The van der Waals surface area contributed by atoms with Crippen LogP contribution in [0.1, 0.15) is 116 Å². The predicted octanol–water partition coefficient (Wildman–Crippen LogP) is 7.53. The summed E-state index contributed by atoms with van der Waals surface area (Å²) in [5.41, 5.74) is 0. The number of hydrogen-bond donors (Lipinski definition) is 0. The molecular formula is C23H44O. The molecule has 0 aromatic rings. The molecular weight excluding hydrogens is 292 g/mol. The molecule has 0 aliphatic heterocycles. The van der Waals surface area contributed by atoms with Gasteiger partial charge < -0.3 is 4.74 Å². The predicted molar refractivity (Wildman–Crippen MR) is 105 cm³/mol. The van der Waals surface area contributed by atoms with Crippen molar-refractivity contribution in [2.75, 3.05) is 7.11 Å². The number of unbranched alkanes of at least 4 members (excludes halogenated alkanes) is 7. The van der Waals surface area contributed by atoms with E-state index >= 15 is 0 Å². The third kappa shape index (κ3) is 7.46. The molecule has 0 aromatic carbocycles. The fourth-order valence-corrected chi connectivity index (χ4v) is 5.31. The topological polar surface area (TPSA) is 9.23 Å². The van der Waals surface area contributed by atoms with Gasteiger partial charge in [0.25, 0.3) is 0 Å². The van der Waals surface area contributed by atoms with E-state index in [9.17, 15) is 0 Å². The lowest BCUT2D eigenvalue weighted by atomic mass is 9.70. The van der Waals surface area contributed by atoms with Crippen LogP contribution in [0.4, 0.5) is 0 Å². The normalized spacial score (nSPS) is 31.2. The molecule has 0 saturated heterocycles. The highest BCUT2D eigenvalue weighted by molar-refractivity contribution is 4.82. The van der Waals surface area contributed by atoms with Gasteiger partial charge >= 0.3 is 0 Å². The molecule has 1 nitrogen and oxygen atoms in total. The van der Waals surface area contributed by atoms with Crippen LogP contribution in [-0.2, 0) is 4.74 Å². The molecule has 2 aliphatic rings. The molecule has 0 unspecified atom stereocenters. The molecule has 0 aromatic heterocycles. The van der Waals surface area contributed by atoms with Crippen LogP contribution >= 0.6 is 0 Å². The zero-order valence-corrected chi connectivity index (χ0v) is 16.7. The minimum atomic E-state index is 0.569. The number of hydrogen-bond acceptors (Lipinski definition) is 1. The fraction of sp³-hybridized carbons (Fsp3) is 1.00. The van der Waals surface area contributed by atoms with Crippen molar-refractivity contribution in [2.45, 2.75) is 122 Å². The highest BCUT2D eigenvalue weighted by Gasteiger charge is 2.30. The summed E-state index contributed by atoms with van der Waals surface area (Å²) in [6.45, 7) is 2.30. The van der Waals surface area contributed by atoms with Crippen molar-refractivity contribution in [2.24, 2.45) is 17.8 Å². The van der Waals surface area contributed by atoms with Gasteiger partial charge in [0.2, 0.25) is 0 Å². The molecule has 2 saturated carbocycles. The first-order chi connectivity index (χ1) is 11.8. The SMILES string of the molecule is CCCCCCCCCCC1CCC(C2CCC(OC)CC2)CC1. The molecule has 24 heavy (non-hydrogen) atoms. The second-order valence-electron chi connectivity index (χ2n) is 8.82. The molecule has 0 N–H and O–H groups in total. The second-order valence-corrected chi connectivity index (χ2v) is 8.82. The third-order valence-electron chi connectivity index (χ3n) is 7.08. The van der Waals surface area contributed by atoms with Gasteiger partial charge in [-0.05, 0) is 56.3 Å². The van der Waals surface area contributed by atoms with Crippen LogP contribution in [0.2, 0.25) is 0 Å². The smallest absolute Gasteiger partial charge is 0.0571 e. The summed E-state index contributed by atoms with van der Waals surface area (Å²) in [5.74, 6) is 3.15. The van der Waals surface area contributed by atoms with Gasteiger partial charge in [0.15, 0.2) is 0 Å². The lowest BCUT2D eigenvalue weighted by Gasteiger charge is -2.37. The Bertz CT molecular complexity index is 284. The zero-order valence-electron chi connectivity index (χ0n) is 16.7. The molecule has 1 heteroatoms. The summed E-state index contributed by atoms with van der Waals surface area (Å²) in [4.78, 5) is 0. The standard InChI is InChI=1S/C23H44O/c1-3-4-5-6-7-8-9-10-11-20-12-14-21(15-13-20)22-16-18-23(24-2)19-17-22/h20-23H,3-19H2,1-2H3. The zero-order chi connectivity index (χ0) is 17.0. The molecule has 0 radical (unpaired) electrons. The molecule has 0 bridgehead atoms. The molecule has 2 rings (SSSR count). The van der Waals surface area contributed by atoms with Crippen LogP contribution < -0.4 is 0 Å². The van der Waals surface area contributed by atoms with Crippen LogP contribution in [0.25, 0.3) is 0 Å². The Hall–Kier alpha value is -0.0400. The van der Waals surface area contributed by atoms with Crippen LogP contribution in [0.3, 0.4) is 0 Å². The maximum Gasteiger partial charge on any atom is 0.0571 e. The number of rotatable bonds is 11. The van der Waals surface area contributed by atoms with E-state index in [-0.39, 0.29) is 0 Å². The van der Waals surface area contributed by atoms with E-state index in [1.54, 1.807) is 0 Å². The van der Waals surface area contributed by atoms with E-state index in [0.29, 0.717) is 6.10 Å². The van der Waals surface area contributed by atoms with Gasteiger partial charge in [-0.25, -0.2) is 0 Å². The van der Waals surface area contributed by atoms with Crippen LogP contribution in [0, 0.1) is 17.8 Å². The Kier molecular flexibility index (Phi) is 10.4. The van der Waals surface area contributed by atoms with Crippen molar-refractivity contribution in [3.8, 4) is 0 Å². The summed E-state index contributed by atoms with van der Waals surface area (Å²) in [5, 5.41) is 0. The summed E-state index contributed by atoms with van der Waals surface area (Å²) in [6, 6.07) is 0. The minimum Gasteiger partial charge on any atom is -0.381 e. The summed E-state index contributed by atoms with van der Waals surface area (Å²) in [7, 11) is 1.89. The van der Waals surface area contributed by atoms with Crippen LogP contribution in [0.15, 0.2) is 0 Å². The van der Waals surface area contributed by atoms with Crippen molar-refractivity contribution in [1.82, 2.24) is 0 Å². The van der Waals surface area contributed by atoms with E-state index in [1.165, 1.54) is 109 Å². The van der Waals surface area contributed by atoms with E-state index in [1.807, 2.05) is 7.11 Å². The maximum atomic E-state index is 5.54. The summed E-state index contributed by atoms with van der Waals surface area (Å²) >= 11 is 0. The molecule has 2 fully saturated rings. The van der Waals surface area contributed by atoms with Gasteiger partial charge in [0.1, 0.15) is 0 Å². The van der Waals surface area contributed by atoms with Gasteiger partial charge in [0, 0.05) is 7.11 Å². The van der Waals surface area contributed by atoms with Crippen LogP contribution in [-0.4, -0.2) is 13.2 Å². The molecule has 142 valence electrons. The van der Waals surface area contributed by atoms with Crippen molar-refractivity contribution in [1.29, 1.82) is 0 Å². The fourth-order valence-electron chi connectivity index (χ4n) is 5.31. The number of ether oxygens (including phenoxy) is 1. The van der Waals surface area contributed by atoms with E-state index in [2.05, 4.69) is 6.92 Å². The summed E-state index contributed by atoms with van der Waals surface area (Å²) < 4.78 is 5.54. The van der Waals surface area contributed by atoms with Crippen molar-refractivity contribution in [3.05, 3.63) is 0 Å². The monoisotopic (exact) mass is 336 g/mol. The Morgan fingerprint density at radius 1 is 0.625 bits per heavy atom. The minimum absolute atomic E-state index is 0.569. The van der Waals surface area contributed by atoms with Gasteiger partial charge in [-0.3, -0.25) is 0 Å². The molecule has 2 aliphatic carbocycles. The van der Waals surface area contributed by atoms with Gasteiger partial charge in [-0.15, -0.1) is 0 Å². The highest BCUT2D eigenvalue weighted by Crippen LogP contribution is 2.41. The first-order valence-corrected chi connectivity index (χ1v) is 11.4. The first kappa shape index (κ1) is 20.3. The first-order valence-electron chi connectivity index (χ1n) is 11.4. The van der Waals surface area contributed by atoms with E-state index < -0.39 is 0 Å². The Morgan fingerprint density at radius 3 is 1.67 bits per heavy atom. The quantitative estimate of drug-likeness (QED) is 0.354. The Labute approximate surface area is 152 Å². The molecule has 0 amide bonds. The molecule has 0 spiro atoms. The van der Waals surface area contributed by atoms with Gasteiger partial charge in [0.05, 0.1) is 6.10 Å². The van der Waals surface area contributed by atoms with Crippen molar-refractivity contribution >= 4 is 0 Å². The van der Waals surface area contributed by atoms with Crippen molar-refractivity contribution < 1.29 is 4.74 Å². The molecule has 0 atom stereocenters. The largest absolute Gasteiger partial charge is 0.381 e.